The van der Waals surface area contributed by atoms with Gasteiger partial charge in [-0.05, 0) is 80.9 Å². The van der Waals surface area contributed by atoms with Crippen LogP contribution < -0.4 is 4.74 Å². The van der Waals surface area contributed by atoms with E-state index in [2.05, 4.69) is 6.92 Å². The molecule has 0 amide bonds. The maximum absolute atomic E-state index is 15.0. The van der Waals surface area contributed by atoms with Gasteiger partial charge < -0.3 is 14.2 Å². The van der Waals surface area contributed by atoms with Crippen molar-refractivity contribution in [1.29, 1.82) is 0 Å². The van der Waals surface area contributed by atoms with E-state index in [1.54, 1.807) is 0 Å². The second kappa shape index (κ2) is 11.5. The number of alkyl halides is 2. The standard InChI is InChI=1S/C30H35F5O3/c1-18-16-36-29(37-17-18)22-4-2-19(3-5-22)20-6-10-23(11-7-20)30(34,35)38-25-14-26(32)28(27(33)15-25)21-8-12-24(31)13-9-21/h8-9,12-15,18-20,22-23,29H,2-7,10-11,16-17H2,1H3. The van der Waals surface area contributed by atoms with Gasteiger partial charge in [-0.3, -0.25) is 0 Å². The molecule has 3 fully saturated rings. The van der Waals surface area contributed by atoms with Crippen molar-refractivity contribution in [1.82, 2.24) is 0 Å². The first-order valence-electron chi connectivity index (χ1n) is 13.7. The van der Waals surface area contributed by atoms with Crippen molar-refractivity contribution in [2.24, 2.45) is 29.6 Å². The van der Waals surface area contributed by atoms with Gasteiger partial charge in [-0.1, -0.05) is 19.1 Å². The molecule has 0 radical (unpaired) electrons. The molecule has 0 bridgehead atoms. The Morgan fingerprint density at radius 2 is 1.24 bits per heavy atom. The zero-order valence-corrected chi connectivity index (χ0v) is 21.6. The number of hydrogen-bond acceptors (Lipinski definition) is 3. The quantitative estimate of drug-likeness (QED) is 0.346. The molecular formula is C30H35F5O3. The summed E-state index contributed by atoms with van der Waals surface area (Å²) < 4.78 is 89.2. The van der Waals surface area contributed by atoms with Crippen molar-refractivity contribution in [2.75, 3.05) is 13.2 Å². The first kappa shape index (κ1) is 27.4. The summed E-state index contributed by atoms with van der Waals surface area (Å²) in [5, 5.41) is 0. The van der Waals surface area contributed by atoms with Gasteiger partial charge in [-0.15, -0.1) is 0 Å². The Kier molecular flexibility index (Phi) is 8.29. The van der Waals surface area contributed by atoms with Crippen LogP contribution in [-0.2, 0) is 9.47 Å². The second-order valence-corrected chi connectivity index (χ2v) is 11.4. The van der Waals surface area contributed by atoms with Gasteiger partial charge in [0.05, 0.1) is 24.7 Å². The van der Waals surface area contributed by atoms with Gasteiger partial charge in [0, 0.05) is 24.0 Å². The number of benzene rings is 2. The Morgan fingerprint density at radius 1 is 0.737 bits per heavy atom. The van der Waals surface area contributed by atoms with E-state index in [-0.39, 0.29) is 11.9 Å². The van der Waals surface area contributed by atoms with Crippen molar-refractivity contribution in [3.8, 4) is 16.9 Å². The summed E-state index contributed by atoms with van der Waals surface area (Å²) in [6, 6.07) is 6.15. The third kappa shape index (κ3) is 6.17. The fourth-order valence-corrected chi connectivity index (χ4v) is 6.44. The molecule has 2 aromatic rings. The number of rotatable bonds is 6. The van der Waals surface area contributed by atoms with Crippen LogP contribution in [0.25, 0.3) is 11.1 Å². The molecule has 3 aliphatic rings. The van der Waals surface area contributed by atoms with Gasteiger partial charge in [0.25, 0.3) is 0 Å². The highest BCUT2D eigenvalue weighted by Crippen LogP contribution is 2.46. The molecule has 3 nitrogen and oxygen atoms in total. The van der Waals surface area contributed by atoms with E-state index < -0.39 is 40.8 Å². The second-order valence-electron chi connectivity index (χ2n) is 11.4. The van der Waals surface area contributed by atoms with Crippen molar-refractivity contribution in [3.05, 3.63) is 53.8 Å². The van der Waals surface area contributed by atoms with E-state index in [1.807, 2.05) is 0 Å². The SMILES string of the molecule is CC1COC(C2CCC(C3CCC(C(F)(F)Oc4cc(F)c(-c5ccc(F)cc5)c(F)c4)CC3)CC2)OC1. The summed E-state index contributed by atoms with van der Waals surface area (Å²) in [5.41, 5.74) is -0.299. The molecule has 2 aliphatic carbocycles. The minimum atomic E-state index is -3.54. The number of hydrogen-bond donors (Lipinski definition) is 0. The topological polar surface area (TPSA) is 27.7 Å². The Morgan fingerprint density at radius 3 is 1.79 bits per heavy atom. The molecule has 1 saturated heterocycles. The van der Waals surface area contributed by atoms with Gasteiger partial charge in [-0.2, -0.15) is 8.78 Å². The minimum absolute atomic E-state index is 0.112. The van der Waals surface area contributed by atoms with Crippen LogP contribution in [0.2, 0.25) is 0 Å². The summed E-state index contributed by atoms with van der Waals surface area (Å²) in [5.74, 6) is -2.44. The van der Waals surface area contributed by atoms with Crippen LogP contribution in [0.15, 0.2) is 36.4 Å². The third-order valence-electron chi connectivity index (χ3n) is 8.61. The van der Waals surface area contributed by atoms with Crippen LogP contribution in [0.3, 0.4) is 0 Å². The number of ether oxygens (including phenoxy) is 3. The molecule has 1 aliphatic heterocycles. The predicted octanol–water partition coefficient (Wildman–Crippen LogP) is 8.36. The van der Waals surface area contributed by atoms with Crippen molar-refractivity contribution >= 4 is 0 Å². The van der Waals surface area contributed by atoms with Crippen LogP contribution in [0.5, 0.6) is 5.75 Å². The van der Waals surface area contributed by atoms with E-state index in [4.69, 9.17) is 14.2 Å². The molecule has 5 rings (SSSR count). The van der Waals surface area contributed by atoms with Gasteiger partial charge in [0.1, 0.15) is 23.2 Å². The molecule has 0 aromatic heterocycles. The summed E-state index contributed by atoms with van der Waals surface area (Å²) in [6.07, 6.45) is 2.55. The van der Waals surface area contributed by atoms with E-state index >= 15 is 8.78 Å². The largest absolute Gasteiger partial charge is 0.432 e. The zero-order valence-electron chi connectivity index (χ0n) is 21.6. The molecule has 2 aromatic carbocycles. The fraction of sp³-hybridized carbons (Fsp3) is 0.600. The van der Waals surface area contributed by atoms with Crippen molar-refractivity contribution < 1.29 is 36.2 Å². The summed E-state index contributed by atoms with van der Waals surface area (Å²) in [4.78, 5) is 0. The Bertz CT molecular complexity index is 1040. The average Bonchev–Trinajstić information content (AvgIpc) is 2.90. The monoisotopic (exact) mass is 538 g/mol. The Hall–Kier alpha value is -2.19. The number of halogens is 5. The molecule has 38 heavy (non-hydrogen) atoms. The van der Waals surface area contributed by atoms with Crippen molar-refractivity contribution in [2.45, 2.75) is 70.7 Å². The first-order valence-corrected chi connectivity index (χ1v) is 13.7. The molecule has 1 heterocycles. The van der Waals surface area contributed by atoms with E-state index in [0.29, 0.717) is 49.4 Å². The summed E-state index contributed by atoms with van der Waals surface area (Å²) >= 11 is 0. The van der Waals surface area contributed by atoms with Crippen LogP contribution in [0.4, 0.5) is 22.0 Å². The summed E-state index contributed by atoms with van der Waals surface area (Å²) in [6.45, 7) is 3.59. The maximum atomic E-state index is 15.0. The molecular weight excluding hydrogens is 503 g/mol. The van der Waals surface area contributed by atoms with Gasteiger partial charge in [0.2, 0.25) is 0 Å². The predicted molar refractivity (Wildman–Crippen MR) is 133 cm³/mol. The van der Waals surface area contributed by atoms with Gasteiger partial charge in [-0.25, -0.2) is 13.2 Å². The molecule has 208 valence electrons. The lowest BCUT2D eigenvalue weighted by atomic mass is 9.69. The van der Waals surface area contributed by atoms with E-state index in [9.17, 15) is 13.2 Å². The minimum Gasteiger partial charge on any atom is -0.432 e. The highest BCUT2D eigenvalue weighted by Gasteiger charge is 2.45. The lowest BCUT2D eigenvalue weighted by Gasteiger charge is -2.41. The average molecular weight is 539 g/mol. The van der Waals surface area contributed by atoms with Gasteiger partial charge in [0.15, 0.2) is 6.29 Å². The lowest BCUT2D eigenvalue weighted by Crippen LogP contribution is -2.40. The van der Waals surface area contributed by atoms with Crippen LogP contribution >= 0.6 is 0 Å². The molecule has 0 N–H and O–H groups in total. The highest BCUT2D eigenvalue weighted by atomic mass is 19.3. The molecule has 0 atom stereocenters. The lowest BCUT2D eigenvalue weighted by molar-refractivity contribution is -0.229. The zero-order chi connectivity index (χ0) is 26.9. The van der Waals surface area contributed by atoms with Crippen LogP contribution in [0.1, 0.15) is 58.3 Å². The smallest absolute Gasteiger partial charge is 0.400 e. The van der Waals surface area contributed by atoms with Crippen LogP contribution in [0, 0.1) is 47.0 Å². The van der Waals surface area contributed by atoms with E-state index in [0.717, 1.165) is 63.2 Å². The molecule has 0 unspecified atom stereocenters. The molecule has 0 spiro atoms. The normalized spacial score (nSPS) is 30.7. The van der Waals surface area contributed by atoms with Crippen molar-refractivity contribution in [3.63, 3.8) is 0 Å². The Labute approximate surface area is 220 Å². The summed E-state index contributed by atoms with van der Waals surface area (Å²) in [7, 11) is 0. The Balaban J connectivity index is 1.13. The van der Waals surface area contributed by atoms with Gasteiger partial charge >= 0.3 is 6.11 Å². The first-order chi connectivity index (χ1) is 18.2. The third-order valence-corrected chi connectivity index (χ3v) is 8.61. The highest BCUT2D eigenvalue weighted by molar-refractivity contribution is 5.65. The molecule has 8 heteroatoms. The maximum Gasteiger partial charge on any atom is 0.400 e. The fourth-order valence-electron chi connectivity index (χ4n) is 6.44. The van der Waals surface area contributed by atoms with E-state index in [1.165, 1.54) is 12.1 Å². The van der Waals surface area contributed by atoms with Crippen LogP contribution in [-0.4, -0.2) is 25.6 Å². The molecule has 2 saturated carbocycles.